The van der Waals surface area contributed by atoms with Crippen LogP contribution < -0.4 is 5.73 Å². The second kappa shape index (κ2) is 5.45. The monoisotopic (exact) mass is 291 g/mol. The zero-order chi connectivity index (χ0) is 14.8. The van der Waals surface area contributed by atoms with E-state index in [0.717, 1.165) is 6.07 Å². The number of anilines is 1. The lowest BCUT2D eigenvalue weighted by molar-refractivity contribution is -0.177. The molecule has 1 heterocycles. The van der Waals surface area contributed by atoms with Crippen molar-refractivity contribution in [3.05, 3.63) is 29.8 Å². The summed E-state index contributed by atoms with van der Waals surface area (Å²) in [6.07, 6.45) is -4.44. The second-order valence-electron chi connectivity index (χ2n) is 3.83. The normalized spacial score (nSPS) is 11.8. The van der Waals surface area contributed by atoms with Crippen LogP contribution in [0.15, 0.2) is 22.7 Å². The number of aromatic nitrogens is 2. The first-order valence-electron chi connectivity index (χ1n) is 5.38. The van der Waals surface area contributed by atoms with Gasteiger partial charge in [0.2, 0.25) is 0 Å². The van der Waals surface area contributed by atoms with Crippen LogP contribution in [0.5, 0.6) is 0 Å². The number of benzene rings is 1. The summed E-state index contributed by atoms with van der Waals surface area (Å²) in [7, 11) is 0. The van der Waals surface area contributed by atoms with Gasteiger partial charge in [0.15, 0.2) is 5.82 Å². The van der Waals surface area contributed by atoms with Gasteiger partial charge in [0.1, 0.15) is 19.0 Å². The van der Waals surface area contributed by atoms with Crippen LogP contribution in [-0.4, -0.2) is 22.9 Å². The molecule has 0 spiro atoms. The van der Waals surface area contributed by atoms with Crippen LogP contribution in [0.3, 0.4) is 0 Å². The fraction of sp³-hybridized carbons (Fsp3) is 0.273. The van der Waals surface area contributed by atoms with Crippen LogP contribution >= 0.6 is 0 Å². The Labute approximate surface area is 110 Å². The van der Waals surface area contributed by atoms with E-state index in [9.17, 15) is 17.6 Å². The predicted octanol–water partition coefficient (Wildman–Crippen LogP) is 2.54. The van der Waals surface area contributed by atoms with Crippen LogP contribution in [0.2, 0.25) is 0 Å². The zero-order valence-electron chi connectivity index (χ0n) is 9.95. The average Bonchev–Trinajstić information content (AvgIpc) is 2.75. The van der Waals surface area contributed by atoms with E-state index in [1.54, 1.807) is 0 Å². The van der Waals surface area contributed by atoms with E-state index < -0.39 is 25.2 Å². The molecule has 20 heavy (non-hydrogen) atoms. The van der Waals surface area contributed by atoms with Crippen molar-refractivity contribution in [1.29, 1.82) is 0 Å². The molecule has 0 atom stereocenters. The molecule has 0 amide bonds. The van der Waals surface area contributed by atoms with Crippen LogP contribution in [0, 0.1) is 5.82 Å². The molecule has 0 aliphatic rings. The molecule has 2 N–H and O–H groups in total. The number of halogens is 4. The molecule has 108 valence electrons. The van der Waals surface area contributed by atoms with Gasteiger partial charge >= 0.3 is 6.18 Å². The lowest BCUT2D eigenvalue weighted by Crippen LogP contribution is -2.16. The van der Waals surface area contributed by atoms with Gasteiger partial charge in [0.25, 0.3) is 5.89 Å². The number of rotatable bonds is 4. The summed E-state index contributed by atoms with van der Waals surface area (Å²) < 4.78 is 58.3. The molecule has 0 bridgehead atoms. The average molecular weight is 291 g/mol. The molecular weight excluding hydrogens is 282 g/mol. The highest BCUT2D eigenvalue weighted by Gasteiger charge is 2.27. The standard InChI is InChI=1S/C11H9F4N3O2/c12-6-2-1-3-7(16)9(6)10-17-8(18-20-10)4-19-5-11(13,14)15/h1-3H,4-5,16H2. The molecule has 0 saturated heterocycles. The van der Waals surface area contributed by atoms with Crippen LogP contribution in [0.25, 0.3) is 11.5 Å². The first-order valence-corrected chi connectivity index (χ1v) is 5.38. The first kappa shape index (κ1) is 14.3. The minimum Gasteiger partial charge on any atom is -0.398 e. The number of nitrogens with zero attached hydrogens (tertiary/aromatic N) is 2. The molecule has 1 aromatic carbocycles. The number of hydrogen-bond donors (Lipinski definition) is 1. The van der Waals surface area contributed by atoms with Gasteiger partial charge in [-0.3, -0.25) is 0 Å². The van der Waals surface area contributed by atoms with Crippen molar-refractivity contribution in [2.75, 3.05) is 12.3 Å². The Bertz CT molecular complexity index is 577. The Morgan fingerprint density at radius 2 is 2.05 bits per heavy atom. The van der Waals surface area contributed by atoms with Crippen molar-refractivity contribution < 1.29 is 26.8 Å². The lowest BCUT2D eigenvalue weighted by Gasteiger charge is -2.04. The number of nitrogen functional groups attached to an aromatic ring is 1. The summed E-state index contributed by atoms with van der Waals surface area (Å²) in [6, 6.07) is 3.98. The highest BCUT2D eigenvalue weighted by atomic mass is 19.4. The maximum absolute atomic E-state index is 13.6. The topological polar surface area (TPSA) is 74.2 Å². The highest BCUT2D eigenvalue weighted by molar-refractivity contribution is 5.70. The lowest BCUT2D eigenvalue weighted by atomic mass is 10.1. The quantitative estimate of drug-likeness (QED) is 0.692. The minimum absolute atomic E-state index is 0.0800. The van der Waals surface area contributed by atoms with Crippen LogP contribution in [0.1, 0.15) is 5.82 Å². The molecule has 0 saturated carbocycles. The van der Waals surface area contributed by atoms with Crippen molar-refractivity contribution in [3.63, 3.8) is 0 Å². The van der Waals surface area contributed by atoms with Crippen LogP contribution in [-0.2, 0) is 11.3 Å². The van der Waals surface area contributed by atoms with Gasteiger partial charge in [-0.25, -0.2) is 4.39 Å². The molecule has 0 aliphatic heterocycles. The van der Waals surface area contributed by atoms with E-state index in [1.165, 1.54) is 12.1 Å². The maximum atomic E-state index is 13.6. The summed E-state index contributed by atoms with van der Waals surface area (Å²) in [5.41, 5.74) is 5.56. The highest BCUT2D eigenvalue weighted by Crippen LogP contribution is 2.27. The summed E-state index contributed by atoms with van der Waals surface area (Å²) in [4.78, 5) is 3.73. The van der Waals surface area contributed by atoms with Gasteiger partial charge in [-0.1, -0.05) is 11.2 Å². The van der Waals surface area contributed by atoms with E-state index in [-0.39, 0.29) is 23.0 Å². The number of alkyl halides is 3. The van der Waals surface area contributed by atoms with Crippen LogP contribution in [0.4, 0.5) is 23.2 Å². The van der Waals surface area contributed by atoms with Gasteiger partial charge in [0.05, 0.1) is 5.56 Å². The molecule has 0 fully saturated rings. The van der Waals surface area contributed by atoms with Gasteiger partial charge < -0.3 is 15.0 Å². The number of hydrogen-bond acceptors (Lipinski definition) is 5. The molecule has 1 aromatic heterocycles. The molecule has 5 nitrogen and oxygen atoms in total. The van der Waals surface area contributed by atoms with E-state index >= 15 is 0 Å². The molecule has 2 aromatic rings. The van der Waals surface area contributed by atoms with Crippen molar-refractivity contribution in [1.82, 2.24) is 10.1 Å². The Morgan fingerprint density at radius 1 is 1.30 bits per heavy atom. The summed E-state index contributed by atoms with van der Waals surface area (Å²) in [5.74, 6) is -1.02. The molecule has 0 unspecified atom stereocenters. The number of nitrogens with two attached hydrogens (primary N) is 1. The predicted molar refractivity (Wildman–Crippen MR) is 59.8 cm³/mol. The molecule has 2 rings (SSSR count). The SMILES string of the molecule is Nc1cccc(F)c1-c1nc(COCC(F)(F)F)no1. The summed E-state index contributed by atoms with van der Waals surface area (Å²) in [6.45, 7) is -1.93. The van der Waals surface area contributed by atoms with E-state index in [2.05, 4.69) is 14.9 Å². The Morgan fingerprint density at radius 3 is 2.70 bits per heavy atom. The van der Waals surface area contributed by atoms with Crippen molar-refractivity contribution in [2.45, 2.75) is 12.8 Å². The Balaban J connectivity index is 2.09. The fourth-order valence-corrected chi connectivity index (χ4v) is 1.44. The summed E-state index contributed by atoms with van der Waals surface area (Å²) >= 11 is 0. The second-order valence-corrected chi connectivity index (χ2v) is 3.83. The van der Waals surface area contributed by atoms with Gasteiger partial charge in [0, 0.05) is 5.69 Å². The van der Waals surface area contributed by atoms with E-state index in [4.69, 9.17) is 10.3 Å². The Kier molecular flexibility index (Phi) is 3.89. The maximum Gasteiger partial charge on any atom is 0.411 e. The van der Waals surface area contributed by atoms with Gasteiger partial charge in [-0.05, 0) is 12.1 Å². The first-order chi connectivity index (χ1) is 9.37. The Hall–Kier alpha value is -2.16. The fourth-order valence-electron chi connectivity index (χ4n) is 1.44. The third-order valence-electron chi connectivity index (χ3n) is 2.22. The van der Waals surface area contributed by atoms with Gasteiger partial charge in [-0.15, -0.1) is 0 Å². The van der Waals surface area contributed by atoms with E-state index in [1.807, 2.05) is 0 Å². The molecule has 9 heteroatoms. The van der Waals surface area contributed by atoms with E-state index in [0.29, 0.717) is 0 Å². The molecular formula is C11H9F4N3O2. The molecule has 0 radical (unpaired) electrons. The number of ether oxygens (including phenoxy) is 1. The third kappa shape index (κ3) is 3.44. The van der Waals surface area contributed by atoms with Gasteiger partial charge in [-0.2, -0.15) is 18.2 Å². The summed E-state index contributed by atoms with van der Waals surface area (Å²) in [5, 5.41) is 3.39. The smallest absolute Gasteiger partial charge is 0.398 e. The largest absolute Gasteiger partial charge is 0.411 e. The van der Waals surface area contributed by atoms with Crippen molar-refractivity contribution >= 4 is 5.69 Å². The zero-order valence-corrected chi connectivity index (χ0v) is 9.95. The van der Waals surface area contributed by atoms with Crippen molar-refractivity contribution in [3.8, 4) is 11.5 Å². The third-order valence-corrected chi connectivity index (χ3v) is 2.22. The molecule has 0 aliphatic carbocycles. The minimum atomic E-state index is -4.44. The van der Waals surface area contributed by atoms with Crippen molar-refractivity contribution in [2.24, 2.45) is 0 Å².